The maximum Gasteiger partial charge on any atom is 0.136 e. The first-order chi connectivity index (χ1) is 64.4. The Morgan fingerprint density at radius 2 is 0.500 bits per heavy atom. The fraction of sp³-hybridized carbons (Fsp3) is 0. The lowest BCUT2D eigenvalue weighted by atomic mass is 9.91. The molecule has 0 amide bonds. The third-order valence-corrected chi connectivity index (χ3v) is 26.3. The van der Waals surface area contributed by atoms with E-state index in [0.29, 0.717) is 0 Å². The molecule has 0 fully saturated rings. The highest BCUT2D eigenvalue weighted by atomic mass is 16.3. The molecular formula is C122H74N6O2. The molecule has 6 heterocycles. The molecule has 27 aromatic rings. The van der Waals surface area contributed by atoms with E-state index in [1.807, 2.05) is 66.7 Å². The molecule has 130 heavy (non-hydrogen) atoms. The van der Waals surface area contributed by atoms with Crippen molar-refractivity contribution in [1.29, 1.82) is 0 Å². The zero-order valence-corrected chi connectivity index (χ0v) is 70.2. The number of aromatic nitrogens is 6. The number of hydrogen-bond acceptors (Lipinski definition) is 6. The summed E-state index contributed by atoms with van der Waals surface area (Å²) in [5.74, 6) is 0. The number of rotatable bonds is 11. The Balaban J connectivity index is 0.000000137. The number of nitrogens with zero attached hydrogens (tertiary/aromatic N) is 6. The van der Waals surface area contributed by atoms with Crippen LogP contribution in [0.5, 0.6) is 0 Å². The minimum absolute atomic E-state index is 0.843. The van der Waals surface area contributed by atoms with E-state index in [0.717, 1.165) is 172 Å². The van der Waals surface area contributed by atoms with Crippen LogP contribution in [-0.4, -0.2) is 29.1 Å². The number of para-hydroxylation sites is 6. The van der Waals surface area contributed by atoms with Crippen LogP contribution >= 0.6 is 0 Å². The fourth-order valence-electron chi connectivity index (χ4n) is 20.3. The molecule has 27 rings (SSSR count). The molecule has 0 aliphatic carbocycles. The Bertz CT molecular complexity index is 9290. The van der Waals surface area contributed by atoms with E-state index >= 15 is 0 Å². The van der Waals surface area contributed by atoms with Crippen molar-refractivity contribution >= 4 is 153 Å². The monoisotopic (exact) mass is 1650 g/mol. The summed E-state index contributed by atoms with van der Waals surface area (Å²) < 4.78 is 17.6. The molecule has 0 saturated heterocycles. The van der Waals surface area contributed by atoms with Gasteiger partial charge in [0.1, 0.15) is 22.3 Å². The van der Waals surface area contributed by atoms with Gasteiger partial charge in [-0.25, -0.2) is 19.9 Å². The minimum Gasteiger partial charge on any atom is -0.456 e. The second-order valence-corrected chi connectivity index (χ2v) is 33.7. The SMILES string of the molecule is c1ccc(-c2ccc(-c3cccc(-c4nc5ccccc5nc4-c4ccc(-n5c6ccc7ccccc7c6c6c7ccccc7c(-c7ccc8oc9ccccc9c8c7)cc65)cc4)c3)cc2)cc1.c1ccc(-c2cccc(-c3nc4ccccc4nc3-c3ccc(-n4c5ccc6ccccc6c5c5c6ccccc6c(-c6cccc7oc8ccccc8c67)cc54)cc3)c2)cc1. The van der Waals surface area contributed by atoms with Gasteiger partial charge in [0.2, 0.25) is 0 Å². The number of furan rings is 2. The minimum atomic E-state index is 0.843. The summed E-state index contributed by atoms with van der Waals surface area (Å²) in [5, 5.41) is 19.2. The molecule has 604 valence electrons. The second kappa shape index (κ2) is 30.2. The van der Waals surface area contributed by atoms with Gasteiger partial charge < -0.3 is 18.0 Å². The third-order valence-electron chi connectivity index (χ3n) is 26.3. The van der Waals surface area contributed by atoms with Crippen LogP contribution in [0.15, 0.2) is 458 Å². The third kappa shape index (κ3) is 12.2. The smallest absolute Gasteiger partial charge is 0.136 e. The molecule has 0 atom stereocenters. The maximum atomic E-state index is 6.42. The van der Waals surface area contributed by atoms with Crippen molar-refractivity contribution in [3.63, 3.8) is 0 Å². The molecule has 0 saturated carbocycles. The van der Waals surface area contributed by atoms with Gasteiger partial charge in [0.25, 0.3) is 0 Å². The first-order valence-electron chi connectivity index (χ1n) is 44.2. The predicted octanol–water partition coefficient (Wildman–Crippen LogP) is 32.9. The predicted molar refractivity (Wildman–Crippen MR) is 541 cm³/mol. The van der Waals surface area contributed by atoms with E-state index in [1.54, 1.807) is 0 Å². The van der Waals surface area contributed by atoms with E-state index < -0.39 is 0 Å². The van der Waals surface area contributed by atoms with E-state index in [-0.39, 0.29) is 0 Å². The van der Waals surface area contributed by atoms with Crippen molar-refractivity contribution in [1.82, 2.24) is 29.1 Å². The lowest BCUT2D eigenvalue weighted by molar-refractivity contribution is 0.668. The van der Waals surface area contributed by atoms with E-state index in [1.165, 1.54) is 92.5 Å². The van der Waals surface area contributed by atoms with Crippen molar-refractivity contribution in [2.24, 2.45) is 0 Å². The summed E-state index contributed by atoms with van der Waals surface area (Å²) in [4.78, 5) is 21.2. The Kier molecular flexibility index (Phi) is 17.2. The van der Waals surface area contributed by atoms with E-state index in [9.17, 15) is 0 Å². The lowest BCUT2D eigenvalue weighted by Crippen LogP contribution is -1.97. The molecule has 0 N–H and O–H groups in total. The summed E-state index contributed by atoms with van der Waals surface area (Å²) in [6.45, 7) is 0. The van der Waals surface area contributed by atoms with Gasteiger partial charge in [-0.3, -0.25) is 0 Å². The van der Waals surface area contributed by atoms with Crippen LogP contribution < -0.4 is 0 Å². The lowest BCUT2D eigenvalue weighted by Gasteiger charge is -2.14. The molecule has 0 unspecified atom stereocenters. The van der Waals surface area contributed by atoms with Gasteiger partial charge in [0, 0.05) is 76.7 Å². The zero-order chi connectivity index (χ0) is 85.4. The Labute approximate surface area is 746 Å². The van der Waals surface area contributed by atoms with Crippen LogP contribution in [0.4, 0.5) is 0 Å². The van der Waals surface area contributed by atoms with E-state index in [2.05, 4.69) is 391 Å². The van der Waals surface area contributed by atoms with Crippen LogP contribution in [0.3, 0.4) is 0 Å². The van der Waals surface area contributed by atoms with Crippen LogP contribution in [0.2, 0.25) is 0 Å². The van der Waals surface area contributed by atoms with E-state index in [4.69, 9.17) is 28.8 Å². The molecule has 0 aliphatic heterocycles. The van der Waals surface area contributed by atoms with Crippen molar-refractivity contribution in [2.75, 3.05) is 0 Å². The van der Waals surface area contributed by atoms with Crippen LogP contribution in [0, 0.1) is 0 Å². The van der Waals surface area contributed by atoms with Gasteiger partial charge in [0.15, 0.2) is 0 Å². The van der Waals surface area contributed by atoms with Crippen molar-refractivity contribution in [3.05, 3.63) is 449 Å². The number of benzene rings is 21. The standard InChI is InChI=1S/C64H39N3O.C58H35N3O/c1-2-13-40(14-3-1)41-25-27-42(28-26-41)45-16-12-17-47(37-45)64-63(65-55-22-9-10-23-56(55)66-64)44-29-33-48(34-30-44)67-57-35-31-43-15-4-5-18-49(43)61(57)62-52-21-7-6-19-50(52)53(39-58(62)67)46-32-36-60-54(38-46)51-20-8-11-24-59(51)68-60;1-2-14-36(15-3-1)39-17-12-18-40(34-39)58-57(59-48-24-9-10-25-49(48)60-58)38-28-31-41(32-29-38)61-50-33-30-37-16-4-5-19-42(37)55(50)56-44-21-7-6-20-43(44)47(35-51(56)61)45-23-13-27-53-54(45)46-22-8-11-26-52(46)62-53/h1-39H;1-35H. The molecule has 6 aromatic heterocycles. The van der Waals surface area contributed by atoms with Crippen molar-refractivity contribution in [2.45, 2.75) is 0 Å². The van der Waals surface area contributed by atoms with Crippen LogP contribution in [-0.2, 0) is 0 Å². The van der Waals surface area contributed by atoms with Gasteiger partial charge >= 0.3 is 0 Å². The van der Waals surface area contributed by atoms with Gasteiger partial charge in [0.05, 0.1) is 66.9 Å². The normalized spacial score (nSPS) is 11.8. The molecule has 8 heteroatoms. The Morgan fingerprint density at radius 3 is 1.02 bits per heavy atom. The molecule has 0 radical (unpaired) electrons. The molecule has 0 spiro atoms. The summed E-state index contributed by atoms with van der Waals surface area (Å²) in [6, 6.07) is 160. The first-order valence-corrected chi connectivity index (χ1v) is 44.2. The molecule has 21 aromatic carbocycles. The topological polar surface area (TPSA) is 87.7 Å². The number of hydrogen-bond donors (Lipinski definition) is 0. The highest BCUT2D eigenvalue weighted by Gasteiger charge is 2.27. The quantitative estimate of drug-likeness (QED) is 0.128. The van der Waals surface area contributed by atoms with Crippen LogP contribution in [0.25, 0.3) is 265 Å². The van der Waals surface area contributed by atoms with Crippen molar-refractivity contribution in [3.8, 4) is 112 Å². The highest BCUT2D eigenvalue weighted by molar-refractivity contribution is 6.33. The molecular weight excluding hydrogens is 1580 g/mol. The second-order valence-electron chi connectivity index (χ2n) is 33.7. The maximum absolute atomic E-state index is 6.42. The summed E-state index contributed by atoms with van der Waals surface area (Å²) in [7, 11) is 0. The first kappa shape index (κ1) is 74.0. The van der Waals surface area contributed by atoms with Gasteiger partial charge in [-0.15, -0.1) is 0 Å². The van der Waals surface area contributed by atoms with Crippen LogP contribution in [0.1, 0.15) is 0 Å². The molecule has 0 aliphatic rings. The average Bonchev–Trinajstić information content (AvgIpc) is 1.55. The molecule has 0 bridgehead atoms. The Hall–Kier alpha value is -17.5. The molecule has 8 nitrogen and oxygen atoms in total. The largest absolute Gasteiger partial charge is 0.456 e. The van der Waals surface area contributed by atoms with Gasteiger partial charge in [-0.05, 0) is 214 Å². The Morgan fingerprint density at radius 1 is 0.162 bits per heavy atom. The summed E-state index contributed by atoms with van der Waals surface area (Å²) in [6.07, 6.45) is 0. The zero-order valence-electron chi connectivity index (χ0n) is 70.2. The summed E-state index contributed by atoms with van der Waals surface area (Å²) >= 11 is 0. The summed E-state index contributed by atoms with van der Waals surface area (Å²) in [5.41, 5.74) is 32.8. The number of fused-ring (bicyclic) bond motifs is 22. The average molecular weight is 1660 g/mol. The van der Waals surface area contributed by atoms with Gasteiger partial charge in [-0.2, -0.15) is 0 Å². The fourth-order valence-corrected chi connectivity index (χ4v) is 20.3. The van der Waals surface area contributed by atoms with Crippen molar-refractivity contribution < 1.29 is 8.83 Å². The highest BCUT2D eigenvalue weighted by Crippen LogP contribution is 2.50. The van der Waals surface area contributed by atoms with Gasteiger partial charge in [-0.1, -0.05) is 334 Å².